The van der Waals surface area contributed by atoms with Gasteiger partial charge in [0.25, 0.3) is 0 Å². The maximum atomic E-state index is 12.9. The number of benzene rings is 2. The number of rotatable bonds is 5. The normalized spacial score (nSPS) is 18.5. The Hall–Kier alpha value is -2.81. The number of nitrogens with zero attached hydrogens (tertiary/aromatic N) is 2. The summed E-state index contributed by atoms with van der Waals surface area (Å²) in [5.74, 6) is -0.614. The molecule has 3 rings (SSSR count). The molecule has 0 radical (unpaired) electrons. The average molecular weight is 435 g/mol. The highest BCUT2D eigenvalue weighted by Gasteiger charge is 2.34. The second-order valence-corrected chi connectivity index (χ2v) is 7.90. The summed E-state index contributed by atoms with van der Waals surface area (Å²) in [6, 6.07) is 14.2. The van der Waals surface area contributed by atoms with Crippen molar-refractivity contribution in [3.8, 4) is 0 Å². The van der Waals surface area contributed by atoms with Crippen molar-refractivity contribution in [1.82, 2.24) is 10.2 Å². The number of carbonyl (C=O) groups excluding carboxylic acids is 2. The number of halogens is 3. The molecule has 0 saturated carbocycles. The number of hydrogen-bond acceptors (Lipinski definition) is 4. The van der Waals surface area contributed by atoms with Gasteiger partial charge in [0.05, 0.1) is 16.5 Å². The number of amidine groups is 1. The lowest BCUT2D eigenvalue weighted by Crippen LogP contribution is -2.45. The smallest absolute Gasteiger partial charge is 0.355 e. The molecule has 1 fully saturated rings. The van der Waals surface area contributed by atoms with E-state index in [9.17, 15) is 22.8 Å². The van der Waals surface area contributed by atoms with Crippen LogP contribution < -0.4 is 5.32 Å². The van der Waals surface area contributed by atoms with Crippen LogP contribution in [0.1, 0.15) is 17.5 Å². The molecular formula is C21H20F3N3O2S. The third-order valence-corrected chi connectivity index (χ3v) is 5.76. The van der Waals surface area contributed by atoms with E-state index in [1.807, 2.05) is 30.3 Å². The van der Waals surface area contributed by atoms with Gasteiger partial charge in [0, 0.05) is 20.0 Å². The summed E-state index contributed by atoms with van der Waals surface area (Å²) in [4.78, 5) is 30.3. The Bertz CT molecular complexity index is 948. The van der Waals surface area contributed by atoms with Gasteiger partial charge in [-0.2, -0.15) is 13.2 Å². The Morgan fingerprint density at radius 1 is 1.20 bits per heavy atom. The Labute approximate surface area is 176 Å². The van der Waals surface area contributed by atoms with Gasteiger partial charge in [0.15, 0.2) is 5.17 Å². The number of amides is 2. The van der Waals surface area contributed by atoms with Crippen LogP contribution in [-0.4, -0.2) is 40.7 Å². The molecule has 9 heteroatoms. The van der Waals surface area contributed by atoms with E-state index in [1.54, 1.807) is 0 Å². The highest BCUT2D eigenvalue weighted by molar-refractivity contribution is 8.15. The first-order chi connectivity index (χ1) is 14.2. The molecule has 0 aliphatic carbocycles. The Balaban J connectivity index is 1.68. The third kappa shape index (κ3) is 5.63. The van der Waals surface area contributed by atoms with Gasteiger partial charge in [0.2, 0.25) is 11.8 Å². The van der Waals surface area contributed by atoms with Gasteiger partial charge in [-0.05, 0) is 30.2 Å². The summed E-state index contributed by atoms with van der Waals surface area (Å²) in [5.41, 5.74) is 0.322. The van der Waals surface area contributed by atoms with E-state index in [2.05, 4.69) is 10.3 Å². The lowest BCUT2D eigenvalue weighted by Gasteiger charge is -2.28. The molecule has 1 heterocycles. The minimum atomic E-state index is -4.49. The zero-order valence-electron chi connectivity index (χ0n) is 16.1. The van der Waals surface area contributed by atoms with Gasteiger partial charge in [-0.25, -0.2) is 4.99 Å². The third-order valence-electron chi connectivity index (χ3n) is 4.52. The van der Waals surface area contributed by atoms with Crippen LogP contribution in [0.4, 0.5) is 18.9 Å². The second kappa shape index (κ2) is 9.34. The van der Waals surface area contributed by atoms with Gasteiger partial charge >= 0.3 is 6.18 Å². The van der Waals surface area contributed by atoms with Crippen molar-refractivity contribution in [2.45, 2.75) is 24.3 Å². The highest BCUT2D eigenvalue weighted by atomic mass is 32.2. The van der Waals surface area contributed by atoms with E-state index in [-0.39, 0.29) is 29.1 Å². The van der Waals surface area contributed by atoms with E-state index in [0.717, 1.165) is 29.5 Å². The van der Waals surface area contributed by atoms with Crippen LogP contribution >= 0.6 is 11.8 Å². The molecule has 0 unspecified atom stereocenters. The van der Waals surface area contributed by atoms with Crippen LogP contribution in [0.15, 0.2) is 59.6 Å². The van der Waals surface area contributed by atoms with Gasteiger partial charge in [-0.1, -0.05) is 48.2 Å². The van der Waals surface area contributed by atoms with Crippen LogP contribution in [0, 0.1) is 0 Å². The topological polar surface area (TPSA) is 61.8 Å². The van der Waals surface area contributed by atoms with Crippen molar-refractivity contribution in [2.24, 2.45) is 4.99 Å². The maximum Gasteiger partial charge on any atom is 0.416 e. The SMILES string of the molecule is CN1C(=O)C[C@@H](C(=O)NCCc2ccccc2)SC1=Nc1cccc(C(F)(F)F)c1. The van der Waals surface area contributed by atoms with Crippen molar-refractivity contribution in [1.29, 1.82) is 0 Å². The summed E-state index contributed by atoms with van der Waals surface area (Å²) in [5, 5.41) is 2.32. The predicted octanol–water partition coefficient (Wildman–Crippen LogP) is 4.02. The van der Waals surface area contributed by atoms with E-state index >= 15 is 0 Å². The zero-order valence-corrected chi connectivity index (χ0v) is 17.0. The first-order valence-corrected chi connectivity index (χ1v) is 10.1. The average Bonchev–Trinajstić information content (AvgIpc) is 2.71. The fourth-order valence-electron chi connectivity index (χ4n) is 2.85. The molecule has 0 spiro atoms. The molecule has 30 heavy (non-hydrogen) atoms. The first-order valence-electron chi connectivity index (χ1n) is 9.25. The maximum absolute atomic E-state index is 12.9. The molecule has 1 aliphatic heterocycles. The molecular weight excluding hydrogens is 415 g/mol. The van der Waals surface area contributed by atoms with Crippen molar-refractivity contribution in [2.75, 3.05) is 13.6 Å². The van der Waals surface area contributed by atoms with E-state index in [4.69, 9.17) is 0 Å². The van der Waals surface area contributed by atoms with Crippen molar-refractivity contribution >= 4 is 34.4 Å². The van der Waals surface area contributed by atoms with Crippen LogP contribution in [0.3, 0.4) is 0 Å². The fraction of sp³-hybridized carbons (Fsp3) is 0.286. The largest absolute Gasteiger partial charge is 0.416 e. The summed E-state index contributed by atoms with van der Waals surface area (Å²) in [6.07, 6.45) is -3.83. The minimum Gasteiger partial charge on any atom is -0.355 e. The molecule has 158 valence electrons. The molecule has 0 bridgehead atoms. The number of hydrogen-bond donors (Lipinski definition) is 1. The molecule has 1 aliphatic rings. The standard InChI is InChI=1S/C21H20F3N3O2S/c1-27-18(28)13-17(19(29)25-11-10-14-6-3-2-4-7-14)30-20(27)26-16-9-5-8-15(12-16)21(22,23)24/h2-9,12,17H,10-11,13H2,1H3,(H,25,29)/t17-/m0/s1. The van der Waals surface area contributed by atoms with Gasteiger partial charge in [-0.15, -0.1) is 0 Å². The molecule has 1 atom stereocenters. The molecule has 1 saturated heterocycles. The van der Waals surface area contributed by atoms with Crippen LogP contribution in [0.25, 0.3) is 0 Å². The quantitative estimate of drug-likeness (QED) is 0.772. The van der Waals surface area contributed by atoms with Crippen molar-refractivity contribution in [3.63, 3.8) is 0 Å². The van der Waals surface area contributed by atoms with Crippen molar-refractivity contribution in [3.05, 3.63) is 65.7 Å². The first kappa shape index (κ1) is 21.9. The Morgan fingerprint density at radius 2 is 1.93 bits per heavy atom. The minimum absolute atomic E-state index is 0.0000518. The number of alkyl halides is 3. The van der Waals surface area contributed by atoms with Crippen LogP contribution in [0.2, 0.25) is 0 Å². The molecule has 1 N–H and O–H groups in total. The summed E-state index contributed by atoms with van der Waals surface area (Å²) < 4.78 is 38.8. The number of nitrogens with one attached hydrogen (secondary N) is 1. The molecule has 0 aromatic heterocycles. The van der Waals surface area contributed by atoms with Gasteiger partial charge < -0.3 is 5.32 Å². The van der Waals surface area contributed by atoms with Gasteiger partial charge in [-0.3, -0.25) is 14.5 Å². The Kier molecular flexibility index (Phi) is 6.81. The monoisotopic (exact) mass is 435 g/mol. The van der Waals surface area contributed by atoms with E-state index in [0.29, 0.717) is 13.0 Å². The lowest BCUT2D eigenvalue weighted by molar-refractivity contribution is -0.137. The zero-order chi connectivity index (χ0) is 21.7. The Morgan fingerprint density at radius 3 is 2.63 bits per heavy atom. The predicted molar refractivity (Wildman–Crippen MR) is 110 cm³/mol. The van der Waals surface area contributed by atoms with Crippen molar-refractivity contribution < 1.29 is 22.8 Å². The second-order valence-electron chi connectivity index (χ2n) is 6.73. The van der Waals surface area contributed by atoms with Crippen LogP contribution in [-0.2, 0) is 22.2 Å². The molecule has 2 aromatic rings. The molecule has 2 amide bonds. The highest BCUT2D eigenvalue weighted by Crippen LogP contribution is 2.33. The van der Waals surface area contributed by atoms with Crippen LogP contribution in [0.5, 0.6) is 0 Å². The summed E-state index contributed by atoms with van der Waals surface area (Å²) >= 11 is 1.07. The van der Waals surface area contributed by atoms with Gasteiger partial charge in [0.1, 0.15) is 0 Å². The number of thioether (sulfide) groups is 1. The van der Waals surface area contributed by atoms with E-state index < -0.39 is 17.0 Å². The number of aliphatic imine (C=N–C) groups is 1. The van der Waals surface area contributed by atoms with E-state index in [1.165, 1.54) is 24.1 Å². The summed E-state index contributed by atoms with van der Waals surface area (Å²) in [6.45, 7) is 0.421. The summed E-state index contributed by atoms with van der Waals surface area (Å²) in [7, 11) is 1.49. The fourth-order valence-corrected chi connectivity index (χ4v) is 3.94. The number of carbonyl (C=O) groups is 2. The molecule has 2 aromatic carbocycles. The lowest BCUT2D eigenvalue weighted by atomic mass is 10.1. The molecule has 5 nitrogen and oxygen atoms in total.